The SMILES string of the molecule is [2H]C([2H])([2H])Oc1ccc2c(c1)C(c1ccc(Cl)cc1)=N[C@@H](CC(=O)O)C(NNC(C)=O)=N2. The first kappa shape index (κ1) is 16.6. The van der Waals surface area contributed by atoms with E-state index in [0.717, 1.165) is 0 Å². The molecule has 0 unspecified atom stereocenters. The minimum atomic E-state index is -2.66. The van der Waals surface area contributed by atoms with Gasteiger partial charge in [0.2, 0.25) is 5.91 Å². The summed E-state index contributed by atoms with van der Waals surface area (Å²) in [7, 11) is -2.66. The van der Waals surface area contributed by atoms with E-state index in [9.17, 15) is 14.7 Å². The van der Waals surface area contributed by atoms with E-state index in [0.29, 0.717) is 27.5 Å². The summed E-state index contributed by atoms with van der Waals surface area (Å²) in [6.45, 7) is 1.28. The molecule has 1 aliphatic rings. The van der Waals surface area contributed by atoms with Gasteiger partial charge in [0.25, 0.3) is 0 Å². The van der Waals surface area contributed by atoms with Gasteiger partial charge in [-0.05, 0) is 30.3 Å². The molecule has 29 heavy (non-hydrogen) atoms. The lowest BCUT2D eigenvalue weighted by atomic mass is 10.00. The maximum atomic E-state index is 11.5. The molecule has 1 amide bonds. The third kappa shape index (κ3) is 4.91. The van der Waals surface area contributed by atoms with E-state index in [-0.39, 0.29) is 11.6 Å². The summed E-state index contributed by atoms with van der Waals surface area (Å²) < 4.78 is 27.1. The van der Waals surface area contributed by atoms with Crippen LogP contribution in [0.15, 0.2) is 52.4 Å². The second-order valence-corrected chi connectivity index (χ2v) is 6.62. The lowest BCUT2D eigenvalue weighted by Gasteiger charge is -2.15. The number of methoxy groups -OCH3 is 1. The Labute approximate surface area is 176 Å². The highest BCUT2D eigenvalue weighted by molar-refractivity contribution is 6.30. The van der Waals surface area contributed by atoms with E-state index < -0.39 is 31.4 Å². The third-order valence-corrected chi connectivity index (χ3v) is 4.29. The maximum Gasteiger partial charge on any atom is 0.306 e. The summed E-state index contributed by atoms with van der Waals surface area (Å²) in [5.74, 6) is -1.36. The lowest BCUT2D eigenvalue weighted by molar-refractivity contribution is -0.137. The molecule has 9 heteroatoms. The number of fused-ring (bicyclic) bond motifs is 1. The van der Waals surface area contributed by atoms with Crippen LogP contribution in [0.5, 0.6) is 5.75 Å². The number of carbonyl (C=O) groups excluding carboxylic acids is 1. The summed E-state index contributed by atoms with van der Waals surface area (Å²) in [5, 5.41) is 9.89. The van der Waals surface area contributed by atoms with E-state index in [1.165, 1.54) is 25.1 Å². The fourth-order valence-electron chi connectivity index (χ4n) is 2.77. The largest absolute Gasteiger partial charge is 0.497 e. The molecular weight excluding hydrogens is 396 g/mol. The highest BCUT2D eigenvalue weighted by atomic mass is 35.5. The molecule has 2 aromatic carbocycles. The quantitative estimate of drug-likeness (QED) is 0.662. The molecule has 150 valence electrons. The van der Waals surface area contributed by atoms with Crippen LogP contribution in [0.3, 0.4) is 0 Å². The van der Waals surface area contributed by atoms with E-state index in [1.807, 2.05) is 0 Å². The molecule has 3 rings (SSSR count). The zero-order valence-electron chi connectivity index (χ0n) is 18.3. The number of ether oxygens (including phenoxy) is 1. The van der Waals surface area contributed by atoms with Gasteiger partial charge in [0, 0.05) is 23.1 Å². The second-order valence-electron chi connectivity index (χ2n) is 6.18. The molecule has 0 spiro atoms. The van der Waals surface area contributed by atoms with Crippen molar-refractivity contribution in [2.45, 2.75) is 19.4 Å². The molecule has 0 fully saturated rings. The van der Waals surface area contributed by atoms with Gasteiger partial charge in [0.1, 0.15) is 17.6 Å². The zero-order chi connectivity index (χ0) is 23.5. The predicted molar refractivity (Wildman–Crippen MR) is 110 cm³/mol. The van der Waals surface area contributed by atoms with E-state index >= 15 is 0 Å². The van der Waals surface area contributed by atoms with Crippen LogP contribution in [0.4, 0.5) is 5.69 Å². The Morgan fingerprint density at radius 2 is 2.03 bits per heavy atom. The van der Waals surface area contributed by atoms with Crippen molar-refractivity contribution in [2.24, 2.45) is 9.98 Å². The average Bonchev–Trinajstić information content (AvgIpc) is 2.82. The first-order valence-corrected chi connectivity index (χ1v) is 8.90. The van der Waals surface area contributed by atoms with Crippen LogP contribution in [-0.4, -0.2) is 41.6 Å². The van der Waals surface area contributed by atoms with Gasteiger partial charge in [0.05, 0.1) is 29.0 Å². The van der Waals surface area contributed by atoms with Crippen molar-refractivity contribution in [3.05, 3.63) is 58.6 Å². The van der Waals surface area contributed by atoms with Crippen molar-refractivity contribution in [1.29, 1.82) is 0 Å². The van der Waals surface area contributed by atoms with Gasteiger partial charge in [-0.25, -0.2) is 4.99 Å². The lowest BCUT2D eigenvalue weighted by Crippen LogP contribution is -2.45. The van der Waals surface area contributed by atoms with Crippen LogP contribution in [0, 0.1) is 0 Å². The van der Waals surface area contributed by atoms with Gasteiger partial charge in [-0.2, -0.15) is 0 Å². The van der Waals surface area contributed by atoms with Gasteiger partial charge >= 0.3 is 5.97 Å². The molecule has 1 atom stereocenters. The standard InChI is InChI=1S/C20H19ClN4O4/c1-11(26)24-25-20-17(10-18(27)28)22-19(12-3-5-13(21)6-4-12)15-9-14(29-2)7-8-16(15)23-20/h3-9,17H,10H2,1-2H3,(H,23,25)(H,24,26)(H,27,28)/t17-/m0/s1/i2D3. The molecule has 3 N–H and O–H groups in total. The first-order valence-electron chi connectivity index (χ1n) is 10.0. The monoisotopic (exact) mass is 417 g/mol. The number of hydrazine groups is 1. The Bertz CT molecular complexity index is 1100. The molecule has 2 aromatic rings. The van der Waals surface area contributed by atoms with Crippen LogP contribution < -0.4 is 15.6 Å². The summed E-state index contributed by atoms with van der Waals surface area (Å²) >= 11 is 6.00. The van der Waals surface area contributed by atoms with Crippen LogP contribution in [0.2, 0.25) is 5.02 Å². The molecular formula is C20H19ClN4O4. The number of amides is 1. The second kappa shape index (κ2) is 8.74. The van der Waals surface area contributed by atoms with E-state index in [4.69, 9.17) is 20.5 Å². The number of carbonyl (C=O) groups is 2. The number of halogens is 1. The smallest absolute Gasteiger partial charge is 0.306 e. The molecule has 1 heterocycles. The number of nitrogens with one attached hydrogen (secondary N) is 2. The van der Waals surface area contributed by atoms with Gasteiger partial charge in [-0.1, -0.05) is 23.7 Å². The first-order chi connectivity index (χ1) is 15.0. The summed E-state index contributed by atoms with van der Waals surface area (Å²) in [6, 6.07) is 10.2. The predicted octanol–water partition coefficient (Wildman–Crippen LogP) is 2.71. The van der Waals surface area contributed by atoms with Crippen LogP contribution in [0.25, 0.3) is 0 Å². The molecule has 0 saturated heterocycles. The number of rotatable bonds is 4. The van der Waals surface area contributed by atoms with Crippen molar-refractivity contribution < 1.29 is 23.5 Å². The molecule has 8 nitrogen and oxygen atoms in total. The number of amidine groups is 1. The average molecular weight is 418 g/mol. The van der Waals surface area contributed by atoms with Crippen LogP contribution in [0.1, 0.15) is 28.6 Å². The number of nitrogens with zero attached hydrogens (tertiary/aromatic N) is 2. The van der Waals surface area contributed by atoms with Gasteiger partial charge in [-0.15, -0.1) is 0 Å². The fourth-order valence-corrected chi connectivity index (χ4v) is 2.89. The Kier molecular flexibility index (Phi) is 4.99. The number of aliphatic imine (C=N–C) groups is 2. The van der Waals surface area contributed by atoms with Crippen molar-refractivity contribution in [3.8, 4) is 5.75 Å². The molecule has 0 aromatic heterocycles. The third-order valence-electron chi connectivity index (χ3n) is 4.03. The molecule has 1 aliphatic heterocycles. The highest BCUT2D eigenvalue weighted by Crippen LogP contribution is 2.31. The molecule has 0 radical (unpaired) electrons. The molecule has 0 bridgehead atoms. The zero-order valence-corrected chi connectivity index (χ0v) is 16.0. The molecule has 0 aliphatic carbocycles. The maximum absolute atomic E-state index is 11.5. The minimum Gasteiger partial charge on any atom is -0.497 e. The Balaban J connectivity index is 2.19. The van der Waals surface area contributed by atoms with Gasteiger partial charge < -0.3 is 9.84 Å². The van der Waals surface area contributed by atoms with Crippen molar-refractivity contribution in [1.82, 2.24) is 10.9 Å². The molecule has 0 saturated carbocycles. The Hall–Kier alpha value is -3.39. The summed E-state index contributed by atoms with van der Waals surface area (Å²) in [5.41, 5.74) is 6.77. The van der Waals surface area contributed by atoms with Crippen molar-refractivity contribution in [3.63, 3.8) is 0 Å². The number of carboxylic acid groups (broad SMARTS) is 1. The Morgan fingerprint density at radius 3 is 2.69 bits per heavy atom. The van der Waals surface area contributed by atoms with Gasteiger partial charge in [0.15, 0.2) is 0 Å². The Morgan fingerprint density at radius 1 is 1.28 bits per heavy atom. The fraction of sp³-hybridized carbons (Fsp3) is 0.200. The topological polar surface area (TPSA) is 112 Å². The number of aliphatic carboxylic acids is 1. The van der Waals surface area contributed by atoms with E-state index in [2.05, 4.69) is 20.8 Å². The highest BCUT2D eigenvalue weighted by Gasteiger charge is 2.26. The van der Waals surface area contributed by atoms with Crippen LogP contribution in [-0.2, 0) is 9.59 Å². The summed E-state index contributed by atoms with van der Waals surface area (Å²) in [6.07, 6.45) is -0.408. The van der Waals surface area contributed by atoms with Crippen molar-refractivity contribution in [2.75, 3.05) is 7.04 Å². The normalized spacial score (nSPS) is 17.3. The van der Waals surface area contributed by atoms with Gasteiger partial charge in [-0.3, -0.25) is 25.4 Å². The van der Waals surface area contributed by atoms with Crippen molar-refractivity contribution >= 4 is 40.7 Å². The summed E-state index contributed by atoms with van der Waals surface area (Å²) in [4.78, 5) is 31.9. The van der Waals surface area contributed by atoms with Crippen LogP contribution >= 0.6 is 11.6 Å². The number of hydrogen-bond acceptors (Lipinski definition) is 6. The van der Waals surface area contributed by atoms with E-state index in [1.54, 1.807) is 24.3 Å². The number of benzene rings is 2. The number of carboxylic acids is 1. The minimum absolute atomic E-state index is 0.0636. The number of hydrogen-bond donors (Lipinski definition) is 3.